The summed E-state index contributed by atoms with van der Waals surface area (Å²) in [6.07, 6.45) is 0. The molecular weight excluding hydrogens is 199 g/mol. The molecule has 0 aliphatic heterocycles. The van der Waals surface area contributed by atoms with Gasteiger partial charge in [-0.05, 0) is 18.9 Å². The molecule has 0 unspecified atom stereocenters. The molecular formula is C5H15N2O3PS. The molecule has 0 fully saturated rings. The van der Waals surface area contributed by atoms with E-state index in [4.69, 9.17) is 9.79 Å². The van der Waals surface area contributed by atoms with Crippen molar-refractivity contribution in [2.24, 2.45) is 0 Å². The van der Waals surface area contributed by atoms with E-state index in [0.717, 1.165) is 13.1 Å². The monoisotopic (exact) mass is 214 g/mol. The van der Waals surface area contributed by atoms with Gasteiger partial charge in [-0.1, -0.05) is 0 Å². The van der Waals surface area contributed by atoms with Crippen LogP contribution in [-0.4, -0.2) is 43.1 Å². The Kier molecular flexibility index (Phi) is 7.17. The lowest BCUT2D eigenvalue weighted by molar-refractivity contribution is 0.251. The molecule has 0 aliphatic rings. The smallest absolute Gasteiger partial charge is 0.321 e. The maximum Gasteiger partial charge on any atom is 0.321 e. The van der Waals surface area contributed by atoms with Gasteiger partial charge in [0.2, 0.25) is 0 Å². The predicted molar refractivity (Wildman–Crippen MR) is 51.5 cm³/mol. The summed E-state index contributed by atoms with van der Waals surface area (Å²) in [5.74, 6) is 0. The van der Waals surface area contributed by atoms with Crippen molar-refractivity contribution >= 4 is 18.5 Å². The first kappa shape index (κ1) is 12.4. The molecule has 0 aromatic carbocycles. The molecule has 4 N–H and O–H groups in total. The van der Waals surface area contributed by atoms with Crippen molar-refractivity contribution in [1.29, 1.82) is 0 Å². The molecule has 0 radical (unpaired) electrons. The lowest BCUT2D eigenvalue weighted by Gasteiger charge is -2.08. The van der Waals surface area contributed by atoms with Crippen LogP contribution in [0.1, 0.15) is 0 Å². The highest BCUT2D eigenvalue weighted by atomic mass is 32.5. The topological polar surface area (TPSA) is 73.8 Å². The van der Waals surface area contributed by atoms with Crippen LogP contribution in [0.4, 0.5) is 0 Å². The quantitative estimate of drug-likeness (QED) is 0.322. The van der Waals surface area contributed by atoms with Crippen molar-refractivity contribution in [2.45, 2.75) is 0 Å². The van der Waals surface area contributed by atoms with Gasteiger partial charge in [0.25, 0.3) is 0 Å². The van der Waals surface area contributed by atoms with E-state index < -0.39 is 6.72 Å². The Bertz CT molecular complexity index is 152. The van der Waals surface area contributed by atoms with Crippen LogP contribution in [0.25, 0.3) is 0 Å². The summed E-state index contributed by atoms with van der Waals surface area (Å²) in [4.78, 5) is 17.3. The van der Waals surface area contributed by atoms with Crippen molar-refractivity contribution in [1.82, 2.24) is 10.6 Å². The van der Waals surface area contributed by atoms with Crippen molar-refractivity contribution in [3.63, 3.8) is 0 Å². The summed E-state index contributed by atoms with van der Waals surface area (Å²) in [7, 11) is 1.86. The standard InChI is InChI=1S/C5H15N2O3PS/c1-6-2-3-7-4-5-10-11(8,9)12/h6-7H,2-5H2,1H3,(H2,8,9,12). The fourth-order valence-electron chi connectivity index (χ4n) is 0.575. The van der Waals surface area contributed by atoms with Crippen LogP contribution in [0.3, 0.4) is 0 Å². The van der Waals surface area contributed by atoms with Crippen molar-refractivity contribution < 1.29 is 14.3 Å². The Hall–Kier alpha value is 0.450. The second-order valence-electron chi connectivity index (χ2n) is 2.18. The Morgan fingerprint density at radius 3 is 2.50 bits per heavy atom. The van der Waals surface area contributed by atoms with Crippen LogP contribution in [0.15, 0.2) is 0 Å². The van der Waals surface area contributed by atoms with Crippen molar-refractivity contribution in [2.75, 3.05) is 33.3 Å². The third-order valence-corrected chi connectivity index (χ3v) is 1.93. The Morgan fingerprint density at radius 2 is 2.00 bits per heavy atom. The first-order valence-corrected chi connectivity index (χ1v) is 6.24. The zero-order valence-electron chi connectivity index (χ0n) is 6.99. The van der Waals surface area contributed by atoms with Gasteiger partial charge in [0.1, 0.15) is 0 Å². The van der Waals surface area contributed by atoms with Gasteiger partial charge >= 0.3 is 6.72 Å². The first-order valence-electron chi connectivity index (χ1n) is 3.61. The zero-order valence-corrected chi connectivity index (χ0v) is 8.70. The Labute approximate surface area is 77.4 Å². The van der Waals surface area contributed by atoms with Crippen LogP contribution in [-0.2, 0) is 16.3 Å². The van der Waals surface area contributed by atoms with Gasteiger partial charge < -0.3 is 24.9 Å². The number of rotatable bonds is 7. The highest BCUT2D eigenvalue weighted by Gasteiger charge is 2.05. The van der Waals surface area contributed by atoms with E-state index in [1.807, 2.05) is 7.05 Å². The Balaban J connectivity index is 3.06. The molecule has 0 aliphatic carbocycles. The first-order chi connectivity index (χ1) is 5.56. The largest absolute Gasteiger partial charge is 0.325 e. The van der Waals surface area contributed by atoms with Crippen molar-refractivity contribution in [3.8, 4) is 0 Å². The minimum atomic E-state index is -3.44. The molecule has 0 saturated carbocycles. The fourth-order valence-corrected chi connectivity index (χ4v) is 1.13. The fraction of sp³-hybridized carbons (Fsp3) is 1.00. The highest BCUT2D eigenvalue weighted by Crippen LogP contribution is 2.35. The van der Waals surface area contributed by atoms with Gasteiger partial charge in [0.15, 0.2) is 0 Å². The van der Waals surface area contributed by atoms with Gasteiger partial charge in [-0.2, -0.15) is 0 Å². The molecule has 0 heterocycles. The van der Waals surface area contributed by atoms with Gasteiger partial charge in [-0.15, -0.1) is 0 Å². The summed E-state index contributed by atoms with van der Waals surface area (Å²) in [5.41, 5.74) is 0. The number of nitrogens with one attached hydrogen (secondary N) is 2. The van der Waals surface area contributed by atoms with Crippen LogP contribution in [0, 0.1) is 0 Å². The number of likely N-dealkylation sites (N-methyl/N-ethyl adjacent to an activating group) is 1. The maximum atomic E-state index is 8.64. The van der Waals surface area contributed by atoms with E-state index in [-0.39, 0.29) is 6.61 Å². The lowest BCUT2D eigenvalue weighted by Crippen LogP contribution is -2.27. The molecule has 5 nitrogen and oxygen atoms in total. The SMILES string of the molecule is CNCCNCCOP(O)(O)=S. The van der Waals surface area contributed by atoms with Crippen molar-refractivity contribution in [3.05, 3.63) is 0 Å². The normalized spacial score (nSPS) is 11.9. The molecule has 7 heteroatoms. The van der Waals surface area contributed by atoms with Crippen LogP contribution in [0.2, 0.25) is 0 Å². The van der Waals surface area contributed by atoms with E-state index in [1.54, 1.807) is 0 Å². The van der Waals surface area contributed by atoms with Gasteiger partial charge in [-0.3, -0.25) is 0 Å². The molecule has 12 heavy (non-hydrogen) atoms. The van der Waals surface area contributed by atoms with E-state index in [9.17, 15) is 0 Å². The zero-order chi connectivity index (χ0) is 9.45. The van der Waals surface area contributed by atoms with Gasteiger partial charge in [-0.25, -0.2) is 0 Å². The molecule has 0 rings (SSSR count). The second kappa shape index (κ2) is 6.91. The summed E-state index contributed by atoms with van der Waals surface area (Å²) >= 11 is 4.25. The van der Waals surface area contributed by atoms with Crippen LogP contribution in [0.5, 0.6) is 0 Å². The van der Waals surface area contributed by atoms with Crippen LogP contribution >= 0.6 is 6.72 Å². The van der Waals surface area contributed by atoms with Gasteiger partial charge in [0.05, 0.1) is 6.61 Å². The number of hydrogen-bond acceptors (Lipinski definition) is 4. The lowest BCUT2D eigenvalue weighted by atomic mass is 10.6. The van der Waals surface area contributed by atoms with Gasteiger partial charge in [0, 0.05) is 19.6 Å². The average Bonchev–Trinajstić information content (AvgIpc) is 1.94. The Morgan fingerprint density at radius 1 is 1.33 bits per heavy atom. The minimum Gasteiger partial charge on any atom is -0.325 e. The van der Waals surface area contributed by atoms with E-state index in [1.165, 1.54) is 0 Å². The maximum absolute atomic E-state index is 8.64. The summed E-state index contributed by atoms with van der Waals surface area (Å²) < 4.78 is 4.56. The third kappa shape index (κ3) is 10.4. The molecule has 0 atom stereocenters. The average molecular weight is 214 g/mol. The summed E-state index contributed by atoms with van der Waals surface area (Å²) in [6.45, 7) is -0.956. The predicted octanol–water partition coefficient (Wildman–Crippen LogP) is -0.979. The van der Waals surface area contributed by atoms with E-state index in [0.29, 0.717) is 6.54 Å². The molecule has 0 amide bonds. The molecule has 0 aromatic heterocycles. The summed E-state index contributed by atoms with van der Waals surface area (Å²) in [5, 5.41) is 5.98. The minimum absolute atomic E-state index is 0.230. The summed E-state index contributed by atoms with van der Waals surface area (Å²) in [6, 6.07) is 0. The second-order valence-corrected chi connectivity index (χ2v) is 4.84. The van der Waals surface area contributed by atoms with E-state index in [2.05, 4.69) is 27.0 Å². The highest BCUT2D eigenvalue weighted by molar-refractivity contribution is 8.06. The molecule has 0 bridgehead atoms. The number of hydrogen-bond donors (Lipinski definition) is 4. The molecule has 0 saturated heterocycles. The third-order valence-electron chi connectivity index (χ3n) is 1.09. The van der Waals surface area contributed by atoms with E-state index >= 15 is 0 Å². The van der Waals surface area contributed by atoms with Crippen LogP contribution < -0.4 is 10.6 Å². The molecule has 0 spiro atoms. The molecule has 0 aromatic rings. The molecule has 74 valence electrons.